The molecule has 0 atom stereocenters. The number of aryl methyl sites for hydroxylation is 1. The molecule has 3 N–H and O–H groups in total. The molecule has 0 aliphatic rings. The average Bonchev–Trinajstić information content (AvgIpc) is 2.50. The molecule has 0 bridgehead atoms. The van der Waals surface area contributed by atoms with Crippen LogP contribution in [-0.4, -0.2) is 24.2 Å². The molecule has 5 nitrogen and oxygen atoms in total. The minimum atomic E-state index is -0.476. The molecule has 0 spiro atoms. The maximum atomic E-state index is 12.1. The predicted molar refractivity (Wildman–Crippen MR) is 87.5 cm³/mol. The maximum absolute atomic E-state index is 12.1. The number of rotatable bonds is 8. The molecule has 0 fully saturated rings. The van der Waals surface area contributed by atoms with Gasteiger partial charge in [0.15, 0.2) is 0 Å². The van der Waals surface area contributed by atoms with Gasteiger partial charge in [-0.3, -0.25) is 4.79 Å². The summed E-state index contributed by atoms with van der Waals surface area (Å²) in [6.07, 6.45) is 3.93. The van der Waals surface area contributed by atoms with Crippen LogP contribution in [0.5, 0.6) is 0 Å². The van der Waals surface area contributed by atoms with Crippen molar-refractivity contribution in [3.8, 4) is 6.07 Å². The van der Waals surface area contributed by atoms with E-state index in [1.807, 2.05) is 13.0 Å². The van der Waals surface area contributed by atoms with Crippen molar-refractivity contribution in [2.24, 2.45) is 0 Å². The number of anilines is 1. The highest BCUT2D eigenvalue weighted by atomic mass is 35.5. The van der Waals surface area contributed by atoms with Gasteiger partial charge in [-0.05, 0) is 43.9 Å². The topological polar surface area (TPSA) is 85.2 Å². The van der Waals surface area contributed by atoms with Crippen LogP contribution in [0, 0.1) is 18.3 Å². The van der Waals surface area contributed by atoms with Gasteiger partial charge < -0.3 is 15.7 Å². The van der Waals surface area contributed by atoms with E-state index in [2.05, 4.69) is 10.6 Å². The molecule has 6 heteroatoms. The molecule has 22 heavy (non-hydrogen) atoms. The lowest BCUT2D eigenvalue weighted by molar-refractivity contribution is -0.112. The Morgan fingerprint density at radius 3 is 2.86 bits per heavy atom. The number of halogens is 1. The van der Waals surface area contributed by atoms with Crippen molar-refractivity contribution < 1.29 is 9.90 Å². The molecule has 0 heterocycles. The summed E-state index contributed by atoms with van der Waals surface area (Å²) in [6, 6.07) is 7.05. The number of aliphatic hydroxyl groups is 1. The number of carbonyl (C=O) groups excluding carboxylic acids is 1. The molecule has 1 amide bonds. The molecule has 0 radical (unpaired) electrons. The molecule has 1 rings (SSSR count). The number of nitrogens with zero attached hydrogens (tertiary/aromatic N) is 1. The summed E-state index contributed by atoms with van der Waals surface area (Å²) < 4.78 is 0. The van der Waals surface area contributed by atoms with Crippen molar-refractivity contribution in [1.29, 1.82) is 5.26 Å². The second-order valence-electron chi connectivity index (χ2n) is 4.82. The van der Waals surface area contributed by atoms with Crippen molar-refractivity contribution in [3.63, 3.8) is 0 Å². The van der Waals surface area contributed by atoms with Gasteiger partial charge in [-0.2, -0.15) is 5.26 Å². The van der Waals surface area contributed by atoms with Crippen LogP contribution in [0.25, 0.3) is 0 Å². The monoisotopic (exact) mass is 321 g/mol. The number of benzene rings is 1. The Kier molecular flexibility index (Phi) is 8.05. The highest BCUT2D eigenvalue weighted by molar-refractivity contribution is 6.31. The zero-order valence-corrected chi connectivity index (χ0v) is 13.3. The third kappa shape index (κ3) is 6.17. The average molecular weight is 322 g/mol. The van der Waals surface area contributed by atoms with Gasteiger partial charge in [-0.15, -0.1) is 0 Å². The van der Waals surface area contributed by atoms with Crippen LogP contribution in [0.15, 0.2) is 30.0 Å². The van der Waals surface area contributed by atoms with E-state index in [1.165, 1.54) is 6.20 Å². The number of nitriles is 1. The Balaban J connectivity index is 2.57. The minimum Gasteiger partial charge on any atom is -0.396 e. The van der Waals surface area contributed by atoms with Crippen LogP contribution in [0.3, 0.4) is 0 Å². The number of aliphatic hydroxyl groups excluding tert-OH is 1. The molecule has 0 saturated heterocycles. The Bertz CT molecular complexity index is 579. The van der Waals surface area contributed by atoms with E-state index < -0.39 is 5.91 Å². The summed E-state index contributed by atoms with van der Waals surface area (Å²) in [7, 11) is 0. The smallest absolute Gasteiger partial charge is 0.267 e. The molecule has 118 valence electrons. The van der Waals surface area contributed by atoms with E-state index >= 15 is 0 Å². The van der Waals surface area contributed by atoms with Crippen LogP contribution in [0.2, 0.25) is 5.02 Å². The van der Waals surface area contributed by atoms with Gasteiger partial charge >= 0.3 is 0 Å². The van der Waals surface area contributed by atoms with Crippen LogP contribution < -0.4 is 10.6 Å². The van der Waals surface area contributed by atoms with Crippen LogP contribution in [0.1, 0.15) is 24.8 Å². The van der Waals surface area contributed by atoms with Crippen molar-refractivity contribution in [1.82, 2.24) is 5.32 Å². The molecule has 0 unspecified atom stereocenters. The van der Waals surface area contributed by atoms with Gasteiger partial charge in [0.1, 0.15) is 11.6 Å². The SMILES string of the molecule is Cc1ccc(Cl)cc1NC(=O)/C(C#N)=C\NCCCCCO. The third-order valence-electron chi connectivity index (χ3n) is 3.04. The van der Waals surface area contributed by atoms with E-state index in [0.717, 1.165) is 24.8 Å². The summed E-state index contributed by atoms with van der Waals surface area (Å²) in [5.74, 6) is -0.476. The quantitative estimate of drug-likeness (QED) is 0.390. The van der Waals surface area contributed by atoms with E-state index in [9.17, 15) is 4.79 Å². The maximum Gasteiger partial charge on any atom is 0.267 e. The molecular weight excluding hydrogens is 302 g/mol. The summed E-state index contributed by atoms with van der Waals surface area (Å²) in [5, 5.41) is 23.9. The Morgan fingerprint density at radius 2 is 2.18 bits per heavy atom. The minimum absolute atomic E-state index is 0.00142. The molecule has 0 aromatic heterocycles. The van der Waals surface area contributed by atoms with Crippen molar-refractivity contribution in [2.45, 2.75) is 26.2 Å². The Morgan fingerprint density at radius 1 is 1.41 bits per heavy atom. The summed E-state index contributed by atoms with van der Waals surface area (Å²) in [4.78, 5) is 12.1. The second kappa shape index (κ2) is 9.82. The van der Waals surface area contributed by atoms with Gasteiger partial charge in [-0.1, -0.05) is 17.7 Å². The lowest BCUT2D eigenvalue weighted by Gasteiger charge is -2.08. The number of nitrogens with one attached hydrogen (secondary N) is 2. The first-order valence-corrected chi connectivity index (χ1v) is 7.48. The zero-order valence-electron chi connectivity index (χ0n) is 12.5. The summed E-state index contributed by atoms with van der Waals surface area (Å²) in [5.41, 5.74) is 1.45. The molecular formula is C16H20ClN3O2. The Labute approximate surface area is 135 Å². The number of amides is 1. The number of hydrogen-bond donors (Lipinski definition) is 3. The largest absolute Gasteiger partial charge is 0.396 e. The molecule has 1 aromatic carbocycles. The molecule has 0 aliphatic carbocycles. The standard InChI is InChI=1S/C16H20ClN3O2/c1-12-5-6-14(17)9-15(12)20-16(22)13(10-18)11-19-7-3-2-4-8-21/h5-6,9,11,19,21H,2-4,7-8H2,1H3,(H,20,22)/b13-11-. The van der Waals surface area contributed by atoms with Crippen LogP contribution in [0.4, 0.5) is 5.69 Å². The summed E-state index contributed by atoms with van der Waals surface area (Å²) >= 11 is 5.90. The number of unbranched alkanes of at least 4 members (excludes halogenated alkanes) is 2. The number of carbonyl (C=O) groups is 1. The Hall–Kier alpha value is -2.03. The van der Waals surface area contributed by atoms with Crippen molar-refractivity contribution in [3.05, 3.63) is 40.6 Å². The van der Waals surface area contributed by atoms with Gasteiger partial charge in [0, 0.05) is 30.1 Å². The first-order chi connectivity index (χ1) is 10.6. The van der Waals surface area contributed by atoms with Crippen molar-refractivity contribution >= 4 is 23.2 Å². The van der Waals surface area contributed by atoms with E-state index in [-0.39, 0.29) is 12.2 Å². The van der Waals surface area contributed by atoms with Gasteiger partial charge in [0.2, 0.25) is 0 Å². The van der Waals surface area contributed by atoms with Crippen LogP contribution >= 0.6 is 11.6 Å². The summed E-state index contributed by atoms with van der Waals surface area (Å²) in [6.45, 7) is 2.68. The lowest BCUT2D eigenvalue weighted by Crippen LogP contribution is -2.17. The highest BCUT2D eigenvalue weighted by Crippen LogP contribution is 2.20. The normalized spacial score (nSPS) is 10.9. The third-order valence-corrected chi connectivity index (χ3v) is 3.27. The fourth-order valence-electron chi connectivity index (χ4n) is 1.76. The van der Waals surface area contributed by atoms with Gasteiger partial charge in [-0.25, -0.2) is 0 Å². The fourth-order valence-corrected chi connectivity index (χ4v) is 1.93. The van der Waals surface area contributed by atoms with E-state index in [0.29, 0.717) is 17.3 Å². The second-order valence-corrected chi connectivity index (χ2v) is 5.26. The highest BCUT2D eigenvalue weighted by Gasteiger charge is 2.10. The van der Waals surface area contributed by atoms with Gasteiger partial charge in [0.05, 0.1) is 0 Å². The molecule has 0 aliphatic heterocycles. The predicted octanol–water partition coefficient (Wildman–Crippen LogP) is 2.75. The molecule has 0 saturated carbocycles. The number of hydrogen-bond acceptors (Lipinski definition) is 4. The fraction of sp³-hybridized carbons (Fsp3) is 0.375. The van der Waals surface area contributed by atoms with E-state index in [4.69, 9.17) is 22.0 Å². The first kappa shape index (κ1) is 18.0. The van der Waals surface area contributed by atoms with Crippen molar-refractivity contribution in [2.75, 3.05) is 18.5 Å². The zero-order chi connectivity index (χ0) is 16.4. The first-order valence-electron chi connectivity index (χ1n) is 7.10. The van der Waals surface area contributed by atoms with Gasteiger partial charge in [0.25, 0.3) is 5.91 Å². The lowest BCUT2D eigenvalue weighted by atomic mass is 10.2. The van der Waals surface area contributed by atoms with Crippen LogP contribution in [-0.2, 0) is 4.79 Å². The van der Waals surface area contributed by atoms with E-state index in [1.54, 1.807) is 18.2 Å². The molecule has 1 aromatic rings.